The molecule has 0 saturated carbocycles. The minimum absolute atomic E-state index is 0.0717. The highest BCUT2D eigenvalue weighted by atomic mass is 32.1. The van der Waals surface area contributed by atoms with Crippen LogP contribution in [0.3, 0.4) is 0 Å². The van der Waals surface area contributed by atoms with Gasteiger partial charge in [0.15, 0.2) is 5.57 Å². The molecule has 0 aliphatic carbocycles. The molecule has 0 bridgehead atoms. The second-order valence-corrected chi connectivity index (χ2v) is 8.40. The van der Waals surface area contributed by atoms with Gasteiger partial charge in [-0.25, -0.2) is 0 Å². The summed E-state index contributed by atoms with van der Waals surface area (Å²) in [5.74, 6) is -0.488. The molecule has 0 aliphatic rings. The zero-order chi connectivity index (χ0) is 21.8. The van der Waals surface area contributed by atoms with E-state index in [0.29, 0.717) is 14.9 Å². The molecule has 1 heterocycles. The molecule has 2 aromatic carbocycles. The summed E-state index contributed by atoms with van der Waals surface area (Å²) in [5.41, 5.74) is 3.21. The van der Waals surface area contributed by atoms with Crippen LogP contribution in [0.4, 0.5) is 0 Å². The Bertz CT molecular complexity index is 1310. The molecule has 1 N–H and O–H groups in total. The Balaban J connectivity index is 2.39. The molecular formula is C24H23N3O2S. The van der Waals surface area contributed by atoms with Crippen LogP contribution >= 0.6 is 11.3 Å². The third-order valence-electron chi connectivity index (χ3n) is 4.53. The number of amides is 1. The lowest BCUT2D eigenvalue weighted by Gasteiger charge is -2.09. The summed E-state index contributed by atoms with van der Waals surface area (Å²) in [7, 11) is 0. The maximum atomic E-state index is 13.4. The van der Waals surface area contributed by atoms with E-state index in [1.807, 2.05) is 82.3 Å². The maximum Gasteiger partial charge on any atom is 0.273 e. The maximum absolute atomic E-state index is 13.4. The monoisotopic (exact) mass is 417 g/mol. The summed E-state index contributed by atoms with van der Waals surface area (Å²) < 4.78 is 2.26. The molecule has 0 atom stereocenters. The van der Waals surface area contributed by atoms with E-state index in [2.05, 4.69) is 5.32 Å². The zero-order valence-electron chi connectivity index (χ0n) is 17.4. The SMILES string of the molecule is Cc1ccc(/C=c2\s/c(=C(/C#N)C(=O)NC(C)C)n(-c3ccccc3C)c2=O)cc1. The number of carbonyl (C=O) groups is 1. The number of hydrogen-bond acceptors (Lipinski definition) is 4. The van der Waals surface area contributed by atoms with Crippen molar-refractivity contribution in [3.05, 3.63) is 84.8 Å². The molecule has 3 rings (SSSR count). The fraction of sp³-hybridized carbons (Fsp3) is 0.208. The second kappa shape index (κ2) is 8.93. The van der Waals surface area contributed by atoms with E-state index in [9.17, 15) is 14.9 Å². The number of thiazole rings is 1. The third-order valence-corrected chi connectivity index (χ3v) is 5.62. The number of aryl methyl sites for hydroxylation is 2. The normalized spacial score (nSPS) is 12.6. The Morgan fingerprint density at radius 2 is 1.80 bits per heavy atom. The van der Waals surface area contributed by atoms with Crippen LogP contribution in [-0.2, 0) is 4.79 Å². The Labute approximate surface area is 179 Å². The first-order valence-corrected chi connectivity index (χ1v) is 10.4. The van der Waals surface area contributed by atoms with Crippen LogP contribution < -0.4 is 20.1 Å². The van der Waals surface area contributed by atoms with Crippen LogP contribution in [0.15, 0.2) is 53.3 Å². The van der Waals surface area contributed by atoms with Gasteiger partial charge in [0.05, 0.1) is 10.2 Å². The van der Waals surface area contributed by atoms with Gasteiger partial charge in [-0.15, -0.1) is 11.3 Å². The Kier molecular flexibility index (Phi) is 6.34. The number of aromatic nitrogens is 1. The summed E-state index contributed by atoms with van der Waals surface area (Å²) in [4.78, 5) is 26.0. The number of nitrogens with one attached hydrogen (secondary N) is 1. The van der Waals surface area contributed by atoms with Crippen LogP contribution in [0, 0.1) is 25.2 Å². The van der Waals surface area contributed by atoms with Gasteiger partial charge in [0.2, 0.25) is 0 Å². The van der Waals surface area contributed by atoms with E-state index >= 15 is 0 Å². The van der Waals surface area contributed by atoms with Gasteiger partial charge in [-0.3, -0.25) is 14.2 Å². The summed E-state index contributed by atoms with van der Waals surface area (Å²) in [6, 6.07) is 17.1. The van der Waals surface area contributed by atoms with Crippen LogP contribution in [-0.4, -0.2) is 16.5 Å². The topological polar surface area (TPSA) is 74.9 Å². The Morgan fingerprint density at radius 1 is 1.13 bits per heavy atom. The van der Waals surface area contributed by atoms with Gasteiger partial charge in [0.1, 0.15) is 10.7 Å². The summed E-state index contributed by atoms with van der Waals surface area (Å²) >= 11 is 1.15. The van der Waals surface area contributed by atoms with E-state index in [1.165, 1.54) is 4.57 Å². The predicted octanol–water partition coefficient (Wildman–Crippen LogP) is 2.54. The van der Waals surface area contributed by atoms with Gasteiger partial charge in [-0.1, -0.05) is 48.0 Å². The molecule has 6 heteroatoms. The average Bonchev–Trinajstić information content (AvgIpc) is 3.00. The fourth-order valence-electron chi connectivity index (χ4n) is 3.03. The van der Waals surface area contributed by atoms with Crippen LogP contribution in [0.25, 0.3) is 17.3 Å². The molecule has 0 fully saturated rings. The van der Waals surface area contributed by atoms with E-state index < -0.39 is 5.91 Å². The number of hydrogen-bond donors (Lipinski definition) is 1. The predicted molar refractivity (Wildman–Crippen MR) is 121 cm³/mol. The van der Waals surface area contributed by atoms with Gasteiger partial charge in [-0.2, -0.15) is 5.26 Å². The van der Waals surface area contributed by atoms with Gasteiger partial charge in [0.25, 0.3) is 11.5 Å². The number of nitrogens with zero attached hydrogens (tertiary/aromatic N) is 2. The first-order chi connectivity index (χ1) is 14.3. The summed E-state index contributed by atoms with van der Waals surface area (Å²) in [5, 5.41) is 12.5. The van der Waals surface area contributed by atoms with E-state index in [-0.39, 0.29) is 17.2 Å². The van der Waals surface area contributed by atoms with E-state index in [1.54, 1.807) is 6.08 Å². The number of rotatable bonds is 4. The van der Waals surface area contributed by atoms with Crippen molar-refractivity contribution in [2.24, 2.45) is 0 Å². The van der Waals surface area contributed by atoms with Crippen LogP contribution in [0.5, 0.6) is 0 Å². The molecule has 1 aromatic heterocycles. The number of para-hydroxylation sites is 1. The van der Waals surface area contributed by atoms with Gasteiger partial charge >= 0.3 is 0 Å². The van der Waals surface area contributed by atoms with Gasteiger partial charge in [-0.05, 0) is 51.0 Å². The van der Waals surface area contributed by atoms with Crippen molar-refractivity contribution in [3.63, 3.8) is 0 Å². The highest BCUT2D eigenvalue weighted by molar-refractivity contribution is 7.07. The van der Waals surface area contributed by atoms with Gasteiger partial charge in [0, 0.05) is 6.04 Å². The minimum Gasteiger partial charge on any atom is -0.349 e. The van der Waals surface area contributed by atoms with Crippen LogP contribution in [0.2, 0.25) is 0 Å². The smallest absolute Gasteiger partial charge is 0.273 e. The molecule has 0 unspecified atom stereocenters. The number of carbonyl (C=O) groups excluding carboxylic acids is 1. The van der Waals surface area contributed by atoms with E-state index in [0.717, 1.165) is 28.0 Å². The van der Waals surface area contributed by atoms with Crippen molar-refractivity contribution in [2.45, 2.75) is 33.7 Å². The largest absolute Gasteiger partial charge is 0.349 e. The highest BCUT2D eigenvalue weighted by Gasteiger charge is 2.18. The standard InChI is InChI=1S/C24H23N3O2S/c1-15(2)26-22(28)19(14-25)24-27(20-8-6-5-7-17(20)4)23(29)21(30-24)13-18-11-9-16(3)10-12-18/h5-13,15H,1-4H3,(H,26,28)/b21-13-,24-19-. The summed E-state index contributed by atoms with van der Waals surface area (Å²) in [6.45, 7) is 7.55. The molecular weight excluding hydrogens is 394 g/mol. The first kappa shape index (κ1) is 21.3. The van der Waals surface area contributed by atoms with Gasteiger partial charge < -0.3 is 5.32 Å². The molecule has 1 amide bonds. The van der Waals surface area contributed by atoms with Crippen molar-refractivity contribution >= 4 is 28.9 Å². The first-order valence-electron chi connectivity index (χ1n) is 9.63. The molecule has 0 aliphatic heterocycles. The molecule has 0 radical (unpaired) electrons. The Morgan fingerprint density at radius 3 is 2.40 bits per heavy atom. The third kappa shape index (κ3) is 4.42. The van der Waals surface area contributed by atoms with Crippen molar-refractivity contribution in [3.8, 4) is 11.8 Å². The lowest BCUT2D eigenvalue weighted by molar-refractivity contribution is -0.116. The zero-order valence-corrected chi connectivity index (χ0v) is 18.2. The number of benzene rings is 2. The highest BCUT2D eigenvalue weighted by Crippen LogP contribution is 2.10. The second-order valence-electron chi connectivity index (χ2n) is 7.37. The van der Waals surface area contributed by atoms with Crippen molar-refractivity contribution in [2.75, 3.05) is 0 Å². The number of nitriles is 1. The minimum atomic E-state index is -0.488. The van der Waals surface area contributed by atoms with Crippen molar-refractivity contribution in [1.29, 1.82) is 5.26 Å². The van der Waals surface area contributed by atoms with E-state index in [4.69, 9.17) is 0 Å². The lowest BCUT2D eigenvalue weighted by atomic mass is 10.1. The average molecular weight is 418 g/mol. The molecule has 30 heavy (non-hydrogen) atoms. The quantitative estimate of drug-likeness (QED) is 0.709. The summed E-state index contributed by atoms with van der Waals surface area (Å²) in [6.07, 6.45) is 1.79. The Hall–Kier alpha value is -3.43. The van der Waals surface area contributed by atoms with Crippen molar-refractivity contribution < 1.29 is 4.79 Å². The molecule has 0 saturated heterocycles. The molecule has 0 spiro atoms. The van der Waals surface area contributed by atoms with Crippen molar-refractivity contribution in [1.82, 2.24) is 9.88 Å². The molecule has 3 aromatic rings. The lowest BCUT2D eigenvalue weighted by Crippen LogP contribution is -2.36. The fourth-order valence-corrected chi connectivity index (χ4v) is 4.12. The molecule has 152 valence electrons. The molecule has 5 nitrogen and oxygen atoms in total. The van der Waals surface area contributed by atoms with Crippen LogP contribution in [0.1, 0.15) is 30.5 Å².